The Labute approximate surface area is 235 Å². The molecule has 4 aliphatic rings. The molecule has 3 aliphatic heterocycles. The average Bonchev–Trinajstić information content (AvgIpc) is 3.59. The molecule has 2 aromatic carbocycles. The number of carbonyl (C=O) groups excluding carboxylic acids is 3. The third-order valence-electron chi connectivity index (χ3n) is 9.14. The number of likely N-dealkylation sites (tertiary alicyclic amines) is 1. The van der Waals surface area contributed by atoms with E-state index in [-0.39, 0.29) is 30.3 Å². The molecule has 40 heavy (non-hydrogen) atoms. The number of nitrogens with zero attached hydrogens (tertiary/aromatic N) is 1. The van der Waals surface area contributed by atoms with Crippen molar-refractivity contribution in [1.29, 1.82) is 0 Å². The first kappa shape index (κ1) is 26.6. The number of hydrogen-bond donors (Lipinski definition) is 2. The third-order valence-corrected chi connectivity index (χ3v) is 9.14. The van der Waals surface area contributed by atoms with E-state index >= 15 is 0 Å². The lowest BCUT2D eigenvalue weighted by Gasteiger charge is -2.34. The minimum Gasteiger partial charge on any atom is -0.497 e. The van der Waals surface area contributed by atoms with Gasteiger partial charge in [0.15, 0.2) is 0 Å². The van der Waals surface area contributed by atoms with Crippen LogP contribution in [0.4, 0.5) is 5.69 Å². The molecule has 8 heteroatoms. The molecule has 210 valence electrons. The molecule has 3 heterocycles. The fraction of sp³-hybridized carbons (Fsp3) is 0.469. The summed E-state index contributed by atoms with van der Waals surface area (Å²) in [6.07, 6.45) is 8.33. The Hall–Kier alpha value is -3.65. The summed E-state index contributed by atoms with van der Waals surface area (Å²) in [7, 11) is 1.60. The second-order valence-corrected chi connectivity index (χ2v) is 11.7. The maximum Gasteiger partial charge on any atom is 0.246 e. The number of benzene rings is 2. The van der Waals surface area contributed by atoms with Crippen LogP contribution >= 0.6 is 0 Å². The van der Waals surface area contributed by atoms with Crippen LogP contribution in [-0.2, 0) is 25.7 Å². The van der Waals surface area contributed by atoms with E-state index in [2.05, 4.69) is 10.6 Å². The summed E-state index contributed by atoms with van der Waals surface area (Å²) in [5, 5.41) is 6.25. The van der Waals surface area contributed by atoms with Crippen molar-refractivity contribution in [3.8, 4) is 5.75 Å². The van der Waals surface area contributed by atoms with Crippen LogP contribution in [0.1, 0.15) is 48.8 Å². The monoisotopic (exact) mass is 543 g/mol. The van der Waals surface area contributed by atoms with Gasteiger partial charge in [-0.05, 0) is 67.6 Å². The largest absolute Gasteiger partial charge is 0.497 e. The van der Waals surface area contributed by atoms with Gasteiger partial charge in [-0.1, -0.05) is 49.6 Å². The van der Waals surface area contributed by atoms with Crippen molar-refractivity contribution in [2.24, 2.45) is 11.8 Å². The highest BCUT2D eigenvalue weighted by Gasteiger charge is 2.72. The lowest BCUT2D eigenvalue weighted by atomic mass is 9.74. The summed E-state index contributed by atoms with van der Waals surface area (Å²) in [5.41, 5.74) is 2.53. The summed E-state index contributed by atoms with van der Waals surface area (Å²) in [5.74, 6) is -1.58. The lowest BCUT2D eigenvalue weighted by molar-refractivity contribution is -0.142. The lowest BCUT2D eigenvalue weighted by Crippen LogP contribution is -2.56. The normalized spacial score (nSPS) is 29.0. The molecule has 3 unspecified atom stereocenters. The van der Waals surface area contributed by atoms with Crippen molar-refractivity contribution >= 4 is 23.4 Å². The van der Waals surface area contributed by atoms with Crippen molar-refractivity contribution in [3.63, 3.8) is 0 Å². The summed E-state index contributed by atoms with van der Waals surface area (Å²) in [6, 6.07) is 12.5. The van der Waals surface area contributed by atoms with Gasteiger partial charge in [-0.3, -0.25) is 14.4 Å². The highest BCUT2D eigenvalue weighted by Crippen LogP contribution is 2.55. The molecule has 6 rings (SSSR count). The van der Waals surface area contributed by atoms with Crippen molar-refractivity contribution < 1.29 is 23.9 Å². The maximum atomic E-state index is 14.2. The van der Waals surface area contributed by atoms with Gasteiger partial charge in [0, 0.05) is 18.3 Å². The van der Waals surface area contributed by atoms with Crippen LogP contribution in [-0.4, -0.2) is 53.5 Å². The molecule has 0 aromatic heterocycles. The zero-order valence-corrected chi connectivity index (χ0v) is 23.3. The Morgan fingerprint density at radius 2 is 1.85 bits per heavy atom. The smallest absolute Gasteiger partial charge is 0.246 e. The Morgan fingerprint density at radius 1 is 1.05 bits per heavy atom. The minimum absolute atomic E-state index is 0.0805. The highest BCUT2D eigenvalue weighted by atomic mass is 16.5. The number of nitrogens with one attached hydrogen (secondary N) is 2. The van der Waals surface area contributed by atoms with Gasteiger partial charge in [0.2, 0.25) is 17.7 Å². The number of carbonyl (C=O) groups is 3. The second kappa shape index (κ2) is 10.4. The van der Waals surface area contributed by atoms with Gasteiger partial charge in [0.25, 0.3) is 0 Å². The van der Waals surface area contributed by atoms with E-state index in [1.807, 2.05) is 68.5 Å². The number of hydrogen-bond acceptors (Lipinski definition) is 5. The van der Waals surface area contributed by atoms with Gasteiger partial charge in [-0.2, -0.15) is 0 Å². The molecule has 1 aliphatic carbocycles. The maximum absolute atomic E-state index is 14.2. The van der Waals surface area contributed by atoms with Crippen molar-refractivity contribution in [1.82, 2.24) is 10.2 Å². The molecule has 1 saturated carbocycles. The van der Waals surface area contributed by atoms with E-state index in [4.69, 9.17) is 9.47 Å². The summed E-state index contributed by atoms with van der Waals surface area (Å²) in [4.78, 5) is 43.6. The summed E-state index contributed by atoms with van der Waals surface area (Å²) < 4.78 is 11.9. The van der Waals surface area contributed by atoms with E-state index in [9.17, 15) is 14.4 Å². The van der Waals surface area contributed by atoms with Crippen LogP contribution in [0.15, 0.2) is 54.6 Å². The molecule has 2 aromatic rings. The Balaban J connectivity index is 1.32. The topological polar surface area (TPSA) is 97.0 Å². The van der Waals surface area contributed by atoms with E-state index in [0.29, 0.717) is 11.4 Å². The number of ether oxygens (including phenoxy) is 2. The van der Waals surface area contributed by atoms with Crippen LogP contribution in [0.2, 0.25) is 0 Å². The number of methoxy groups -OCH3 is 1. The SMILES string of the molecule is COc1cccc(CN2C(=O)[C@H]3C(C(=O)Nc4ccc(C)c(C)c4)[C@H]4C=CC3(O4)C2C(=O)NC2CCCCC2)c1. The molecule has 2 N–H and O–H groups in total. The quantitative estimate of drug-likeness (QED) is 0.514. The van der Waals surface area contributed by atoms with Gasteiger partial charge in [-0.25, -0.2) is 0 Å². The minimum atomic E-state index is -1.19. The standard InChI is InChI=1S/C32H37N3O5/c1-19-12-13-23(16-20(19)2)34-29(36)26-25-14-15-32(40-25)27(26)31(38)35(18-21-8-7-11-24(17-21)39-3)28(32)30(37)33-22-9-5-4-6-10-22/h7-8,11-17,22,25-28H,4-6,9-10,18H2,1-3H3,(H,33,37)(H,34,36)/t25-,26?,27-,28?,32?/m1/s1. The van der Waals surface area contributed by atoms with E-state index in [1.54, 1.807) is 12.0 Å². The molecular formula is C32H37N3O5. The molecule has 5 atom stereocenters. The first-order chi connectivity index (χ1) is 19.3. The fourth-order valence-electron chi connectivity index (χ4n) is 6.98. The van der Waals surface area contributed by atoms with Crippen LogP contribution < -0.4 is 15.4 Å². The first-order valence-corrected chi connectivity index (χ1v) is 14.3. The first-order valence-electron chi connectivity index (χ1n) is 14.3. The molecule has 3 amide bonds. The Bertz CT molecular complexity index is 1370. The Morgan fingerprint density at radius 3 is 2.60 bits per heavy atom. The van der Waals surface area contributed by atoms with Gasteiger partial charge in [0.1, 0.15) is 17.4 Å². The van der Waals surface area contributed by atoms with Gasteiger partial charge >= 0.3 is 0 Å². The van der Waals surface area contributed by atoms with E-state index < -0.39 is 29.6 Å². The predicted molar refractivity (Wildman–Crippen MR) is 151 cm³/mol. The van der Waals surface area contributed by atoms with Crippen molar-refractivity contribution in [2.45, 2.75) is 76.3 Å². The average molecular weight is 544 g/mol. The molecule has 3 fully saturated rings. The van der Waals surface area contributed by atoms with E-state index in [1.165, 1.54) is 6.42 Å². The number of aryl methyl sites for hydroxylation is 2. The number of anilines is 1. The second-order valence-electron chi connectivity index (χ2n) is 11.7. The number of fused-ring (bicyclic) bond motifs is 1. The van der Waals surface area contributed by atoms with Crippen molar-refractivity contribution in [2.75, 3.05) is 12.4 Å². The zero-order valence-electron chi connectivity index (χ0n) is 23.3. The van der Waals surface area contributed by atoms with Crippen LogP contribution in [0.5, 0.6) is 5.75 Å². The fourth-order valence-corrected chi connectivity index (χ4v) is 6.98. The van der Waals surface area contributed by atoms with Gasteiger partial charge < -0.3 is 25.0 Å². The van der Waals surface area contributed by atoms with E-state index in [0.717, 1.165) is 42.4 Å². The number of amides is 3. The highest BCUT2D eigenvalue weighted by molar-refractivity contribution is 6.02. The van der Waals surface area contributed by atoms with Crippen LogP contribution in [0.3, 0.4) is 0 Å². The molecule has 2 bridgehead atoms. The molecule has 8 nitrogen and oxygen atoms in total. The van der Waals surface area contributed by atoms with Crippen molar-refractivity contribution in [3.05, 3.63) is 71.3 Å². The third kappa shape index (κ3) is 4.48. The van der Waals surface area contributed by atoms with Crippen LogP contribution in [0.25, 0.3) is 0 Å². The molecule has 1 spiro atoms. The molecule has 2 saturated heterocycles. The van der Waals surface area contributed by atoms with Gasteiger partial charge in [-0.15, -0.1) is 0 Å². The number of rotatable bonds is 7. The molecular weight excluding hydrogens is 506 g/mol. The van der Waals surface area contributed by atoms with Crippen LogP contribution in [0, 0.1) is 25.7 Å². The van der Waals surface area contributed by atoms with Gasteiger partial charge in [0.05, 0.1) is 25.0 Å². The Kier molecular flexibility index (Phi) is 6.90. The summed E-state index contributed by atoms with van der Waals surface area (Å²) in [6.45, 7) is 4.23. The zero-order chi connectivity index (χ0) is 28.0. The summed E-state index contributed by atoms with van der Waals surface area (Å²) >= 11 is 0. The molecule has 0 radical (unpaired) electrons. The predicted octanol–water partition coefficient (Wildman–Crippen LogP) is 4.05.